The van der Waals surface area contributed by atoms with E-state index in [2.05, 4.69) is 20.8 Å². The van der Waals surface area contributed by atoms with Crippen LogP contribution in [0.5, 0.6) is 0 Å². The minimum atomic E-state index is -0.750. The second kappa shape index (κ2) is 15.6. The van der Waals surface area contributed by atoms with Crippen molar-refractivity contribution in [1.29, 1.82) is 0 Å². The molecule has 0 atom stereocenters. The molecule has 0 saturated heterocycles. The lowest BCUT2D eigenvalue weighted by molar-refractivity contribution is 0.0981. The van der Waals surface area contributed by atoms with Gasteiger partial charge in [0.1, 0.15) is 5.69 Å². The first kappa shape index (κ1) is 36.3. The van der Waals surface area contributed by atoms with Crippen molar-refractivity contribution in [2.24, 2.45) is 0 Å². The smallest absolute Gasteiger partial charge is 0.276 e. The predicted octanol–water partition coefficient (Wildman–Crippen LogP) is 8.17. The van der Waals surface area contributed by atoms with Crippen molar-refractivity contribution < 1.29 is 19.2 Å². The summed E-state index contributed by atoms with van der Waals surface area (Å²) in [5.74, 6) is -2.73. The summed E-state index contributed by atoms with van der Waals surface area (Å²) < 4.78 is 4.31. The number of ketones is 2. The highest BCUT2D eigenvalue weighted by atomic mass is 35.5. The zero-order valence-corrected chi connectivity index (χ0v) is 31.0. The molecule has 0 aliphatic carbocycles. The normalized spacial score (nSPS) is 10.9. The molecule has 0 saturated carbocycles. The van der Waals surface area contributed by atoms with Crippen LogP contribution in [0.2, 0.25) is 5.02 Å². The van der Waals surface area contributed by atoms with E-state index in [1.54, 1.807) is 128 Å². The van der Waals surface area contributed by atoms with Crippen LogP contribution in [0.3, 0.4) is 0 Å². The van der Waals surface area contributed by atoms with Gasteiger partial charge in [-0.15, -0.1) is 0 Å². The second-order valence-electron chi connectivity index (χ2n) is 12.8. The average molecular weight is 771 g/mol. The fraction of sp³-hybridized carbons (Fsp3) is 0.0227. The van der Waals surface area contributed by atoms with Gasteiger partial charge in [-0.2, -0.15) is 15.3 Å². The Morgan fingerprint density at radius 2 is 0.912 bits per heavy atom. The largest absolute Gasteiger partial charge is 0.321 e. The Bertz CT molecular complexity index is 2760. The topological polar surface area (TPSA) is 146 Å². The third-order valence-electron chi connectivity index (χ3n) is 9.08. The van der Waals surface area contributed by atoms with Crippen LogP contribution < -0.4 is 10.6 Å². The van der Waals surface area contributed by atoms with Crippen LogP contribution in [0.25, 0.3) is 17.1 Å². The van der Waals surface area contributed by atoms with E-state index in [0.29, 0.717) is 39.2 Å². The molecule has 3 heterocycles. The average Bonchev–Trinajstić information content (AvgIpc) is 3.99. The lowest BCUT2D eigenvalue weighted by atomic mass is 9.97. The van der Waals surface area contributed by atoms with E-state index in [-0.39, 0.29) is 33.8 Å². The zero-order chi connectivity index (χ0) is 39.5. The molecular weight excluding hydrogens is 740 g/mol. The van der Waals surface area contributed by atoms with E-state index in [0.717, 1.165) is 0 Å². The van der Waals surface area contributed by atoms with Gasteiger partial charge in [0.05, 0.1) is 39.4 Å². The lowest BCUT2D eigenvalue weighted by Gasteiger charge is -2.07. The number of amides is 2. The molecule has 3 aromatic heterocycles. The molecule has 13 heteroatoms. The van der Waals surface area contributed by atoms with Crippen molar-refractivity contribution in [1.82, 2.24) is 29.3 Å². The summed E-state index contributed by atoms with van der Waals surface area (Å²) in [5.41, 5.74) is 2.05. The maximum Gasteiger partial charge on any atom is 0.276 e. The first-order valence-electron chi connectivity index (χ1n) is 17.7. The molecule has 278 valence electrons. The van der Waals surface area contributed by atoms with Gasteiger partial charge in [0.2, 0.25) is 11.6 Å². The highest BCUT2D eigenvalue weighted by Gasteiger charge is 2.34. The molecule has 12 nitrogen and oxygen atoms in total. The van der Waals surface area contributed by atoms with Crippen molar-refractivity contribution in [2.75, 3.05) is 10.6 Å². The number of benzene rings is 5. The quantitative estimate of drug-likeness (QED) is 0.126. The molecule has 0 fully saturated rings. The van der Waals surface area contributed by atoms with E-state index in [1.165, 1.54) is 26.4 Å². The van der Waals surface area contributed by atoms with Gasteiger partial charge in [-0.25, -0.2) is 14.0 Å². The second-order valence-corrected chi connectivity index (χ2v) is 13.3. The molecule has 0 unspecified atom stereocenters. The van der Waals surface area contributed by atoms with Gasteiger partial charge in [-0.05, 0) is 79.7 Å². The molecule has 2 amide bonds. The summed E-state index contributed by atoms with van der Waals surface area (Å²) in [6, 6.07) is 42.3. The van der Waals surface area contributed by atoms with Gasteiger partial charge in [-0.1, -0.05) is 84.4 Å². The molecule has 0 spiro atoms. The van der Waals surface area contributed by atoms with Crippen LogP contribution in [0.1, 0.15) is 58.6 Å². The van der Waals surface area contributed by atoms with Crippen molar-refractivity contribution in [2.45, 2.75) is 6.92 Å². The number of hydrogen-bond acceptors (Lipinski definition) is 7. The van der Waals surface area contributed by atoms with Gasteiger partial charge >= 0.3 is 0 Å². The number of aromatic nitrogens is 6. The van der Waals surface area contributed by atoms with E-state index in [4.69, 9.17) is 16.7 Å². The highest BCUT2D eigenvalue weighted by molar-refractivity contribution is 6.30. The maximum atomic E-state index is 15.1. The van der Waals surface area contributed by atoms with Crippen molar-refractivity contribution in [3.8, 4) is 17.1 Å². The Kier molecular flexibility index (Phi) is 9.91. The zero-order valence-electron chi connectivity index (χ0n) is 30.2. The van der Waals surface area contributed by atoms with Crippen LogP contribution in [-0.2, 0) is 0 Å². The number of carbonyl (C=O) groups excluding carboxylic acids is 4. The SMILES string of the molecule is Cc1c(C(=O)c2cn(-c3ccccc3)nc2C(=O)Nc2ccccc2)c(C(=O)c2cn(-c3ccccc3)nc2C(=O)Nc2ccccc2)nn1-c1ccc(Cl)cc1. The number of halogens is 1. The minimum absolute atomic E-state index is 0.0814. The fourth-order valence-corrected chi connectivity index (χ4v) is 6.42. The van der Waals surface area contributed by atoms with Gasteiger partial charge in [0, 0.05) is 28.8 Å². The van der Waals surface area contributed by atoms with E-state index < -0.39 is 23.4 Å². The Labute approximate surface area is 331 Å². The summed E-state index contributed by atoms with van der Waals surface area (Å²) in [5, 5.41) is 19.9. The van der Waals surface area contributed by atoms with E-state index in [1.807, 2.05) is 24.3 Å². The maximum absolute atomic E-state index is 15.1. The first-order chi connectivity index (χ1) is 27.7. The van der Waals surface area contributed by atoms with E-state index >= 15 is 4.79 Å². The minimum Gasteiger partial charge on any atom is -0.321 e. The summed E-state index contributed by atoms with van der Waals surface area (Å²) in [4.78, 5) is 57.9. The Morgan fingerprint density at radius 3 is 1.37 bits per heavy atom. The fourth-order valence-electron chi connectivity index (χ4n) is 6.29. The van der Waals surface area contributed by atoms with Crippen molar-refractivity contribution in [3.63, 3.8) is 0 Å². The van der Waals surface area contributed by atoms with Crippen LogP contribution in [-0.4, -0.2) is 52.7 Å². The van der Waals surface area contributed by atoms with Crippen LogP contribution in [0.15, 0.2) is 158 Å². The molecule has 2 N–H and O–H groups in total. The molecule has 8 aromatic rings. The van der Waals surface area contributed by atoms with Gasteiger partial charge in [0.25, 0.3) is 11.8 Å². The summed E-state index contributed by atoms with van der Waals surface area (Å²) in [6.07, 6.45) is 2.89. The first-order valence-corrected chi connectivity index (χ1v) is 18.1. The standard InChI is InChI=1S/C44H31ClN8O4/c1-28-37(41(54)35-26-51(32-18-10-4-11-19-32)48-38(35)43(56)46-30-14-6-2-7-15-30)40(50-53(28)34-24-22-29(45)23-25-34)42(55)36-27-52(33-20-12-5-13-21-33)49-39(36)44(57)47-31-16-8-3-9-17-31/h2-27H,1H3,(H,46,56)(H,47,57). The molecule has 57 heavy (non-hydrogen) atoms. The molecule has 0 bridgehead atoms. The summed E-state index contributed by atoms with van der Waals surface area (Å²) in [7, 11) is 0. The van der Waals surface area contributed by atoms with Crippen LogP contribution >= 0.6 is 11.6 Å². The third kappa shape index (κ3) is 7.40. The summed E-state index contributed by atoms with van der Waals surface area (Å²) >= 11 is 6.22. The number of nitrogens with one attached hydrogen (secondary N) is 2. The number of rotatable bonds is 11. The van der Waals surface area contributed by atoms with Gasteiger partial charge in [0.15, 0.2) is 11.4 Å². The Hall–Kier alpha value is -7.70. The van der Waals surface area contributed by atoms with Crippen LogP contribution in [0.4, 0.5) is 11.4 Å². The molecule has 0 radical (unpaired) electrons. The number of para-hydroxylation sites is 4. The number of anilines is 2. The predicted molar refractivity (Wildman–Crippen MR) is 216 cm³/mol. The highest BCUT2D eigenvalue weighted by Crippen LogP contribution is 2.28. The number of nitrogens with zero attached hydrogens (tertiary/aromatic N) is 6. The van der Waals surface area contributed by atoms with Gasteiger partial charge in [-0.3, -0.25) is 19.2 Å². The summed E-state index contributed by atoms with van der Waals surface area (Å²) in [6.45, 7) is 1.65. The van der Waals surface area contributed by atoms with E-state index in [9.17, 15) is 14.4 Å². The van der Waals surface area contributed by atoms with Crippen LogP contribution in [0, 0.1) is 6.92 Å². The third-order valence-corrected chi connectivity index (χ3v) is 9.33. The Morgan fingerprint density at radius 1 is 0.491 bits per heavy atom. The molecule has 5 aromatic carbocycles. The molecule has 0 aliphatic heterocycles. The van der Waals surface area contributed by atoms with Crippen molar-refractivity contribution in [3.05, 3.63) is 202 Å². The van der Waals surface area contributed by atoms with Gasteiger partial charge < -0.3 is 10.6 Å². The molecular formula is C44H31ClN8O4. The molecule has 0 aliphatic rings. The monoisotopic (exact) mass is 770 g/mol. The lowest BCUT2D eigenvalue weighted by Crippen LogP contribution is -2.19. The Balaban J connectivity index is 1.29. The molecule has 8 rings (SSSR count). The number of hydrogen-bond donors (Lipinski definition) is 2. The number of carbonyl (C=O) groups is 4. The van der Waals surface area contributed by atoms with Crippen molar-refractivity contribution >= 4 is 46.4 Å².